The van der Waals surface area contributed by atoms with E-state index in [0.29, 0.717) is 19.3 Å². The molecule has 0 heterocycles. The first-order chi connectivity index (χ1) is 4.93. The maximum Gasteiger partial charge on any atom is 0.250 e. The number of rotatable bonds is 2. The minimum atomic E-state index is -2.54. The first-order valence-electron chi connectivity index (χ1n) is 3.92. The van der Waals surface area contributed by atoms with Crippen LogP contribution >= 0.6 is 0 Å². The van der Waals surface area contributed by atoms with E-state index in [1.807, 2.05) is 0 Å². The zero-order valence-electron chi connectivity index (χ0n) is 6.53. The van der Waals surface area contributed by atoms with Gasteiger partial charge in [0.25, 0.3) is 5.92 Å². The Labute approximate surface area is 64.4 Å². The molecule has 64 valence electrons. The number of halogens is 2. The Morgan fingerprint density at radius 1 is 1.36 bits per heavy atom. The van der Waals surface area contributed by atoms with Gasteiger partial charge in [-0.1, -0.05) is 0 Å². The lowest BCUT2D eigenvalue weighted by atomic mass is 9.34. The highest BCUT2D eigenvalue weighted by atomic mass is 19.3. The Bertz CT molecular complexity index is 175. The Morgan fingerprint density at radius 3 is 2.09 bits per heavy atom. The third-order valence-electron chi connectivity index (χ3n) is 3.41. The monoisotopic (exact) mass is 162 g/mol. The first-order valence-corrected chi connectivity index (χ1v) is 3.92. The van der Waals surface area contributed by atoms with E-state index in [9.17, 15) is 8.78 Å². The lowest BCUT2D eigenvalue weighted by Crippen LogP contribution is -2.69. The van der Waals surface area contributed by atoms with Crippen molar-refractivity contribution < 1.29 is 13.9 Å². The highest BCUT2D eigenvalue weighted by Crippen LogP contribution is 2.77. The number of hydrogen-bond acceptors (Lipinski definition) is 1. The van der Waals surface area contributed by atoms with Crippen LogP contribution in [0, 0.1) is 10.8 Å². The van der Waals surface area contributed by atoms with Crippen LogP contribution in [0.4, 0.5) is 8.78 Å². The molecular weight excluding hydrogens is 150 g/mol. The average molecular weight is 162 g/mol. The van der Waals surface area contributed by atoms with Crippen molar-refractivity contribution in [2.45, 2.75) is 32.1 Å². The molecule has 0 spiro atoms. The van der Waals surface area contributed by atoms with Gasteiger partial charge in [-0.25, -0.2) is 8.78 Å². The van der Waals surface area contributed by atoms with Crippen molar-refractivity contribution in [3.05, 3.63) is 0 Å². The molecule has 3 saturated carbocycles. The molecule has 1 nitrogen and oxygen atoms in total. The third-order valence-corrected chi connectivity index (χ3v) is 3.41. The van der Waals surface area contributed by atoms with Crippen LogP contribution in [0.25, 0.3) is 0 Å². The first kappa shape index (κ1) is 7.47. The Balaban J connectivity index is 2.04. The second-order valence-electron chi connectivity index (χ2n) is 4.36. The fraction of sp³-hybridized carbons (Fsp3) is 1.00. The SMILES string of the molecule is CC(F)(F)C12CC(CO)(C1)C2. The predicted molar refractivity (Wildman–Crippen MR) is 36.4 cm³/mol. The van der Waals surface area contributed by atoms with E-state index in [4.69, 9.17) is 5.11 Å². The third kappa shape index (κ3) is 0.675. The molecule has 0 aliphatic heterocycles. The molecular formula is C8H12F2O. The molecule has 11 heavy (non-hydrogen) atoms. The van der Waals surface area contributed by atoms with Crippen molar-refractivity contribution in [2.75, 3.05) is 6.61 Å². The highest BCUT2D eigenvalue weighted by Gasteiger charge is 2.75. The fourth-order valence-corrected chi connectivity index (χ4v) is 2.63. The molecule has 0 atom stereocenters. The number of aliphatic hydroxyl groups excluding tert-OH is 1. The second kappa shape index (κ2) is 1.60. The summed E-state index contributed by atoms with van der Waals surface area (Å²) in [5.74, 6) is -2.54. The van der Waals surface area contributed by atoms with Crippen LogP contribution in [-0.2, 0) is 0 Å². The van der Waals surface area contributed by atoms with Gasteiger partial charge < -0.3 is 5.11 Å². The number of aliphatic hydroxyl groups is 1. The molecule has 2 bridgehead atoms. The smallest absolute Gasteiger partial charge is 0.250 e. The summed E-state index contributed by atoms with van der Waals surface area (Å²) in [5.41, 5.74) is -0.824. The quantitative estimate of drug-likeness (QED) is 0.656. The molecule has 0 aromatic heterocycles. The molecule has 3 aliphatic rings. The van der Waals surface area contributed by atoms with E-state index in [1.165, 1.54) is 0 Å². The summed E-state index contributed by atoms with van der Waals surface area (Å²) in [6.45, 7) is 1.08. The summed E-state index contributed by atoms with van der Waals surface area (Å²) in [6, 6.07) is 0. The van der Waals surface area contributed by atoms with Gasteiger partial charge >= 0.3 is 0 Å². The van der Waals surface area contributed by atoms with Crippen molar-refractivity contribution in [1.29, 1.82) is 0 Å². The minimum absolute atomic E-state index is 0.0881. The molecule has 3 heteroatoms. The van der Waals surface area contributed by atoms with Gasteiger partial charge in [0, 0.05) is 12.0 Å². The number of hydrogen-bond donors (Lipinski definition) is 1. The summed E-state index contributed by atoms with van der Waals surface area (Å²) < 4.78 is 25.6. The van der Waals surface area contributed by atoms with E-state index in [-0.39, 0.29) is 12.0 Å². The van der Waals surface area contributed by atoms with Crippen molar-refractivity contribution in [1.82, 2.24) is 0 Å². The summed E-state index contributed by atoms with van der Waals surface area (Å²) in [7, 11) is 0. The molecule has 0 amide bonds. The topological polar surface area (TPSA) is 20.2 Å². The normalized spacial score (nSPS) is 48.0. The van der Waals surface area contributed by atoms with Gasteiger partial charge in [-0.3, -0.25) is 0 Å². The zero-order valence-corrected chi connectivity index (χ0v) is 6.53. The highest BCUT2D eigenvalue weighted by molar-refractivity contribution is 5.20. The maximum absolute atomic E-state index is 12.8. The van der Waals surface area contributed by atoms with Crippen LogP contribution in [0.3, 0.4) is 0 Å². The van der Waals surface area contributed by atoms with E-state index in [1.54, 1.807) is 0 Å². The van der Waals surface area contributed by atoms with Gasteiger partial charge in [0.15, 0.2) is 0 Å². The van der Waals surface area contributed by atoms with Gasteiger partial charge in [0.1, 0.15) is 0 Å². The van der Waals surface area contributed by atoms with Gasteiger partial charge in [0.05, 0.1) is 0 Å². The van der Waals surface area contributed by atoms with Crippen LogP contribution < -0.4 is 0 Å². The van der Waals surface area contributed by atoms with E-state index < -0.39 is 11.3 Å². The van der Waals surface area contributed by atoms with Crippen LogP contribution in [0.1, 0.15) is 26.2 Å². The average Bonchev–Trinajstić information content (AvgIpc) is 1.53. The van der Waals surface area contributed by atoms with Crippen LogP contribution in [0.2, 0.25) is 0 Å². The zero-order chi connectivity index (χ0) is 8.33. The van der Waals surface area contributed by atoms with Crippen LogP contribution in [0.15, 0.2) is 0 Å². The molecule has 0 radical (unpaired) electrons. The molecule has 0 saturated heterocycles. The van der Waals surface area contributed by atoms with Gasteiger partial charge in [-0.15, -0.1) is 0 Å². The fourth-order valence-electron chi connectivity index (χ4n) is 2.63. The van der Waals surface area contributed by atoms with Crippen molar-refractivity contribution >= 4 is 0 Å². The molecule has 3 aliphatic carbocycles. The van der Waals surface area contributed by atoms with Gasteiger partial charge in [0.2, 0.25) is 0 Å². The summed E-state index contributed by atoms with van der Waals surface area (Å²) in [4.78, 5) is 0. The van der Waals surface area contributed by atoms with Crippen molar-refractivity contribution in [3.63, 3.8) is 0 Å². The molecule has 0 unspecified atom stereocenters. The lowest BCUT2D eigenvalue weighted by molar-refractivity contribution is -0.317. The molecule has 1 N–H and O–H groups in total. The summed E-state index contributed by atoms with van der Waals surface area (Å²) in [5, 5.41) is 8.82. The lowest BCUT2D eigenvalue weighted by Gasteiger charge is -2.71. The second-order valence-corrected chi connectivity index (χ2v) is 4.36. The van der Waals surface area contributed by atoms with Crippen molar-refractivity contribution in [3.8, 4) is 0 Å². The van der Waals surface area contributed by atoms with E-state index in [0.717, 1.165) is 6.92 Å². The molecule has 3 fully saturated rings. The van der Waals surface area contributed by atoms with Crippen LogP contribution in [0.5, 0.6) is 0 Å². The Hall–Kier alpha value is -0.180. The Morgan fingerprint density at radius 2 is 1.82 bits per heavy atom. The minimum Gasteiger partial charge on any atom is -0.396 e. The van der Waals surface area contributed by atoms with Crippen LogP contribution in [-0.4, -0.2) is 17.6 Å². The van der Waals surface area contributed by atoms with Gasteiger partial charge in [-0.05, 0) is 31.6 Å². The van der Waals surface area contributed by atoms with Gasteiger partial charge in [-0.2, -0.15) is 0 Å². The van der Waals surface area contributed by atoms with E-state index >= 15 is 0 Å². The summed E-state index contributed by atoms with van der Waals surface area (Å²) >= 11 is 0. The molecule has 0 aromatic rings. The number of alkyl halides is 2. The maximum atomic E-state index is 12.8. The Kier molecular flexibility index (Phi) is 1.09. The van der Waals surface area contributed by atoms with E-state index in [2.05, 4.69) is 0 Å². The largest absolute Gasteiger partial charge is 0.396 e. The van der Waals surface area contributed by atoms with Crippen molar-refractivity contribution in [2.24, 2.45) is 10.8 Å². The summed E-state index contributed by atoms with van der Waals surface area (Å²) in [6.07, 6.45) is 1.58. The molecule has 0 aromatic carbocycles. The standard InChI is InChI=1S/C8H12F2O/c1-6(9,10)8-2-7(3-8,4-8)5-11/h11H,2-5H2,1H3. The molecule has 3 rings (SSSR count). The predicted octanol–water partition coefficient (Wildman–Crippen LogP) is 1.80.